The molecule has 0 aliphatic rings. The Bertz CT molecular complexity index is 137. The fourth-order valence-electron chi connectivity index (χ4n) is 1.99. The van der Waals surface area contributed by atoms with Crippen molar-refractivity contribution in [1.82, 2.24) is 0 Å². The number of hydrogen-bond acceptors (Lipinski definition) is 0. The molecule has 2 radical (unpaired) electrons. The van der Waals surface area contributed by atoms with E-state index in [2.05, 4.69) is 34.6 Å². The predicted octanol–water partition coefficient (Wildman–Crippen LogP) is 6.79. The van der Waals surface area contributed by atoms with Gasteiger partial charge >= 0.3 is 0 Å². The third kappa shape index (κ3) is 18.1. The van der Waals surface area contributed by atoms with Gasteiger partial charge in [0.15, 0.2) is 0 Å². The molecule has 0 aliphatic carbocycles. The first-order chi connectivity index (χ1) is 9.15. The summed E-state index contributed by atoms with van der Waals surface area (Å²) in [5.41, 5.74) is 0. The molecule has 0 aromatic carbocycles. The molecule has 1 heteroatoms. The van der Waals surface area contributed by atoms with Gasteiger partial charge in [0.1, 0.15) is 0 Å². The predicted molar refractivity (Wildman–Crippen MR) is 92.1 cm³/mol. The lowest BCUT2D eigenvalue weighted by molar-refractivity contribution is 0.472. The molecule has 0 heterocycles. The first-order valence-corrected chi connectivity index (χ1v) is 8.86. The van der Waals surface area contributed by atoms with Gasteiger partial charge in [0, 0.05) is 0 Å². The van der Waals surface area contributed by atoms with Crippen LogP contribution in [-0.2, 0) is 0 Å². The highest BCUT2D eigenvalue weighted by Gasteiger charge is 2.01. The van der Waals surface area contributed by atoms with Gasteiger partial charge in [0.05, 0.1) is 7.85 Å². The molecular weight excluding hydrogens is 227 g/mol. The van der Waals surface area contributed by atoms with Crippen molar-refractivity contribution in [1.29, 1.82) is 0 Å². The Morgan fingerprint density at radius 3 is 1.63 bits per heavy atom. The molecule has 0 aromatic rings. The van der Waals surface area contributed by atoms with E-state index in [1.54, 1.807) is 0 Å². The molecule has 0 spiro atoms. The average Bonchev–Trinajstić information content (AvgIpc) is 2.46. The molecule has 0 saturated heterocycles. The molecule has 1 unspecified atom stereocenters. The smallest absolute Gasteiger partial charge is 0.0656 e. The monoisotopic (exact) mass is 266 g/mol. The Morgan fingerprint density at radius 1 is 0.737 bits per heavy atom. The van der Waals surface area contributed by atoms with Crippen molar-refractivity contribution < 1.29 is 0 Å². The van der Waals surface area contributed by atoms with E-state index in [1.165, 1.54) is 64.2 Å². The molecule has 0 amide bonds. The maximum Gasteiger partial charge on any atom is 0.0656 e. The highest BCUT2D eigenvalue weighted by Crippen LogP contribution is 2.17. The molecule has 0 fully saturated rings. The summed E-state index contributed by atoms with van der Waals surface area (Å²) in [5.74, 6) is 1.72. The average molecular weight is 266 g/mol. The molecule has 0 bridgehead atoms. The largest absolute Gasteiger partial charge is 0.0859 e. The molecular formula is C18H39B. The van der Waals surface area contributed by atoms with Gasteiger partial charge in [-0.15, -0.1) is 0 Å². The topological polar surface area (TPSA) is 0 Å². The van der Waals surface area contributed by atoms with Gasteiger partial charge in [-0.1, -0.05) is 105 Å². The highest BCUT2D eigenvalue weighted by atomic mass is 14.1. The van der Waals surface area contributed by atoms with Crippen LogP contribution in [0.25, 0.3) is 0 Å². The van der Waals surface area contributed by atoms with Crippen LogP contribution >= 0.6 is 0 Å². The van der Waals surface area contributed by atoms with E-state index < -0.39 is 0 Å². The van der Waals surface area contributed by atoms with Gasteiger partial charge in [-0.3, -0.25) is 0 Å². The van der Waals surface area contributed by atoms with Crippen molar-refractivity contribution in [2.24, 2.45) is 11.8 Å². The second-order valence-corrected chi connectivity index (χ2v) is 5.99. The molecule has 114 valence electrons. The van der Waals surface area contributed by atoms with Gasteiger partial charge in [0.25, 0.3) is 0 Å². The van der Waals surface area contributed by atoms with E-state index in [0.717, 1.165) is 18.2 Å². The molecule has 0 aliphatic heterocycles. The van der Waals surface area contributed by atoms with E-state index in [1.807, 2.05) is 0 Å². The van der Waals surface area contributed by atoms with E-state index in [9.17, 15) is 0 Å². The number of rotatable bonds is 11. The van der Waals surface area contributed by atoms with Crippen LogP contribution in [-0.4, -0.2) is 7.85 Å². The molecule has 0 rings (SSSR count). The molecule has 19 heavy (non-hydrogen) atoms. The summed E-state index contributed by atoms with van der Waals surface area (Å²) in [5, 5.41) is 0. The second-order valence-electron chi connectivity index (χ2n) is 5.99. The van der Waals surface area contributed by atoms with Crippen LogP contribution in [0.1, 0.15) is 98.8 Å². The van der Waals surface area contributed by atoms with Crippen LogP contribution in [0.5, 0.6) is 0 Å². The standard InChI is InChI=1S/C12H25B.C6H14/c1-3-5-6-7-8-9-10-12(4-2)11-13;1-4-6(3)5-2/h12H,3-11H2,1-2H3;6H,4-5H2,1-3H3. The van der Waals surface area contributed by atoms with E-state index in [-0.39, 0.29) is 0 Å². The van der Waals surface area contributed by atoms with Crippen LogP contribution in [0.3, 0.4) is 0 Å². The van der Waals surface area contributed by atoms with Crippen molar-refractivity contribution >= 4 is 7.85 Å². The fourth-order valence-corrected chi connectivity index (χ4v) is 1.99. The minimum atomic E-state index is 0.783. The Labute approximate surface area is 125 Å². The Hall–Kier alpha value is 0.0649. The van der Waals surface area contributed by atoms with E-state index in [0.29, 0.717) is 0 Å². The Morgan fingerprint density at radius 2 is 1.26 bits per heavy atom. The Kier molecular flexibility index (Phi) is 20.3. The molecule has 1 atom stereocenters. The third-order valence-electron chi connectivity index (χ3n) is 4.27. The first-order valence-electron chi connectivity index (χ1n) is 8.86. The summed E-state index contributed by atoms with van der Waals surface area (Å²) in [6, 6.07) is 0. The van der Waals surface area contributed by atoms with Crippen molar-refractivity contribution in [3.05, 3.63) is 0 Å². The highest BCUT2D eigenvalue weighted by molar-refractivity contribution is 6.08. The maximum absolute atomic E-state index is 5.65. The van der Waals surface area contributed by atoms with Crippen molar-refractivity contribution in [3.8, 4) is 0 Å². The fraction of sp³-hybridized carbons (Fsp3) is 1.00. The summed E-state index contributed by atoms with van der Waals surface area (Å²) in [7, 11) is 5.65. The van der Waals surface area contributed by atoms with Gasteiger partial charge < -0.3 is 0 Å². The summed E-state index contributed by atoms with van der Waals surface area (Å²) in [4.78, 5) is 0. The molecule has 0 nitrogen and oxygen atoms in total. The van der Waals surface area contributed by atoms with Crippen molar-refractivity contribution in [3.63, 3.8) is 0 Å². The number of hydrogen-bond donors (Lipinski definition) is 0. The minimum Gasteiger partial charge on any atom is -0.0859 e. The summed E-state index contributed by atoms with van der Waals surface area (Å²) < 4.78 is 0. The zero-order valence-electron chi connectivity index (χ0n) is 14.5. The molecule has 0 N–H and O–H groups in total. The van der Waals surface area contributed by atoms with Crippen LogP contribution in [0.4, 0.5) is 0 Å². The summed E-state index contributed by atoms with van der Waals surface area (Å²) >= 11 is 0. The van der Waals surface area contributed by atoms with Crippen molar-refractivity contribution in [2.75, 3.05) is 0 Å². The second kappa shape index (κ2) is 18.1. The summed E-state index contributed by atoms with van der Waals surface area (Å²) in [6.45, 7) is 11.2. The third-order valence-corrected chi connectivity index (χ3v) is 4.27. The van der Waals surface area contributed by atoms with E-state index >= 15 is 0 Å². The lowest BCUT2D eigenvalue weighted by atomic mass is 9.85. The summed E-state index contributed by atoms with van der Waals surface area (Å²) in [6.07, 6.45) is 14.6. The maximum atomic E-state index is 5.65. The first kappa shape index (κ1) is 21.4. The zero-order valence-corrected chi connectivity index (χ0v) is 14.5. The van der Waals surface area contributed by atoms with Crippen LogP contribution < -0.4 is 0 Å². The SMILES string of the molecule is CCC(C)CC.[B]CC(CC)CCCCCCCC. The zero-order chi connectivity index (χ0) is 14.9. The van der Waals surface area contributed by atoms with Crippen molar-refractivity contribution in [2.45, 2.75) is 105 Å². The van der Waals surface area contributed by atoms with Gasteiger partial charge in [-0.2, -0.15) is 0 Å². The molecule has 0 aromatic heterocycles. The van der Waals surface area contributed by atoms with Crippen LogP contribution in [0.15, 0.2) is 0 Å². The quantitative estimate of drug-likeness (QED) is 0.285. The lowest BCUT2D eigenvalue weighted by Gasteiger charge is -2.11. The van der Waals surface area contributed by atoms with Gasteiger partial charge in [0.2, 0.25) is 0 Å². The van der Waals surface area contributed by atoms with Gasteiger partial charge in [-0.05, 0) is 11.8 Å². The number of unbranched alkanes of at least 4 members (excludes halogenated alkanes) is 5. The van der Waals surface area contributed by atoms with Crippen LogP contribution in [0.2, 0.25) is 6.32 Å². The van der Waals surface area contributed by atoms with Gasteiger partial charge in [-0.25, -0.2) is 0 Å². The van der Waals surface area contributed by atoms with E-state index in [4.69, 9.17) is 7.85 Å². The Balaban J connectivity index is 0. The normalized spacial score (nSPS) is 12.1. The van der Waals surface area contributed by atoms with Crippen LogP contribution in [0, 0.1) is 11.8 Å². The lowest BCUT2D eigenvalue weighted by Crippen LogP contribution is -1.97. The minimum absolute atomic E-state index is 0.783. The molecule has 0 saturated carbocycles.